The highest BCUT2D eigenvalue weighted by Gasteiger charge is 2.32. The van der Waals surface area contributed by atoms with Crippen molar-refractivity contribution in [1.82, 2.24) is 9.88 Å². The van der Waals surface area contributed by atoms with Crippen LogP contribution >= 0.6 is 0 Å². The number of hydrogen-bond donors (Lipinski definition) is 2. The molecule has 1 aliphatic rings. The third kappa shape index (κ3) is 8.11. The molecule has 4 atom stereocenters. The Kier molecular flexibility index (Phi) is 9.54. The Morgan fingerprint density at radius 3 is 2.76 bits per heavy atom. The largest absolute Gasteiger partial charge is 0.480 e. The number of aliphatic hydroxyl groups is 1. The Bertz CT molecular complexity index is 639. The summed E-state index contributed by atoms with van der Waals surface area (Å²) in [6.45, 7) is 4.85. The average molecular weight is 407 g/mol. The van der Waals surface area contributed by atoms with Gasteiger partial charge in [0.2, 0.25) is 5.91 Å². The van der Waals surface area contributed by atoms with E-state index >= 15 is 0 Å². The number of hydrogen-bond acceptors (Lipinski definition) is 5. The zero-order chi connectivity index (χ0) is 21.2. The number of aliphatic hydroxyl groups excluding tert-OH is 1. The number of rotatable bonds is 12. The summed E-state index contributed by atoms with van der Waals surface area (Å²) >= 11 is 0. The standard InChI is InChI=1S/C22H34N2O5/c1-16(14-29-15-22(27)28)8-11-24-20(4-3-5-21(24)26)17(2)12-19(25)13-18-6-9-23-10-7-18/h6-7,9-10,16-17,19-20,25H,3-5,8,11-15H2,1-2H3,(H,27,28)/t16-,17+,19?,20-/m1/s1. The van der Waals surface area contributed by atoms with Crippen molar-refractivity contribution in [3.63, 3.8) is 0 Å². The lowest BCUT2D eigenvalue weighted by atomic mass is 9.86. The van der Waals surface area contributed by atoms with Gasteiger partial charge in [0.25, 0.3) is 0 Å². The molecule has 1 aromatic heterocycles. The van der Waals surface area contributed by atoms with Crippen LogP contribution in [-0.2, 0) is 20.7 Å². The molecular formula is C22H34N2O5. The molecule has 1 unspecified atom stereocenters. The molecule has 7 heteroatoms. The minimum atomic E-state index is -0.970. The molecule has 1 saturated heterocycles. The van der Waals surface area contributed by atoms with Crippen LogP contribution in [0.4, 0.5) is 0 Å². The van der Waals surface area contributed by atoms with Crippen molar-refractivity contribution >= 4 is 11.9 Å². The highest BCUT2D eigenvalue weighted by Crippen LogP contribution is 2.28. The number of nitrogens with zero attached hydrogens (tertiary/aromatic N) is 2. The lowest BCUT2D eigenvalue weighted by Crippen LogP contribution is -2.48. The summed E-state index contributed by atoms with van der Waals surface area (Å²) in [5.41, 5.74) is 1.06. The van der Waals surface area contributed by atoms with Gasteiger partial charge in [0.1, 0.15) is 6.61 Å². The van der Waals surface area contributed by atoms with Crippen LogP contribution in [0.3, 0.4) is 0 Å². The monoisotopic (exact) mass is 406 g/mol. The number of piperidine rings is 1. The van der Waals surface area contributed by atoms with Crippen molar-refractivity contribution in [2.75, 3.05) is 19.8 Å². The summed E-state index contributed by atoms with van der Waals surface area (Å²) in [6, 6.07) is 3.96. The topological polar surface area (TPSA) is 100.0 Å². The summed E-state index contributed by atoms with van der Waals surface area (Å²) in [4.78, 5) is 29.1. The van der Waals surface area contributed by atoms with Gasteiger partial charge in [0, 0.05) is 38.0 Å². The van der Waals surface area contributed by atoms with Crippen LogP contribution in [0.1, 0.15) is 51.5 Å². The number of pyridine rings is 1. The lowest BCUT2D eigenvalue weighted by Gasteiger charge is -2.40. The molecule has 2 rings (SSSR count). The second kappa shape index (κ2) is 11.9. The third-order valence-corrected chi connectivity index (χ3v) is 5.62. The van der Waals surface area contributed by atoms with Crippen LogP contribution in [-0.4, -0.2) is 63.9 Å². The Morgan fingerprint density at radius 2 is 2.07 bits per heavy atom. The fourth-order valence-electron chi connectivity index (χ4n) is 4.08. The van der Waals surface area contributed by atoms with E-state index in [4.69, 9.17) is 9.84 Å². The van der Waals surface area contributed by atoms with E-state index in [9.17, 15) is 14.7 Å². The molecule has 0 spiro atoms. The van der Waals surface area contributed by atoms with Gasteiger partial charge in [-0.25, -0.2) is 4.79 Å². The third-order valence-electron chi connectivity index (χ3n) is 5.62. The Hall–Kier alpha value is -1.99. The fourth-order valence-corrected chi connectivity index (χ4v) is 4.08. The van der Waals surface area contributed by atoms with Crippen molar-refractivity contribution in [3.05, 3.63) is 30.1 Å². The fraction of sp³-hybridized carbons (Fsp3) is 0.682. The van der Waals surface area contributed by atoms with Gasteiger partial charge in [0.15, 0.2) is 0 Å². The van der Waals surface area contributed by atoms with E-state index < -0.39 is 12.1 Å². The van der Waals surface area contributed by atoms with E-state index in [1.165, 1.54) is 0 Å². The predicted molar refractivity (Wildman–Crippen MR) is 109 cm³/mol. The summed E-state index contributed by atoms with van der Waals surface area (Å²) in [6.07, 6.45) is 7.44. The van der Waals surface area contributed by atoms with E-state index in [-0.39, 0.29) is 30.4 Å². The molecular weight excluding hydrogens is 372 g/mol. The second-order valence-corrected chi connectivity index (χ2v) is 8.28. The Balaban J connectivity index is 1.85. The molecule has 1 aliphatic heterocycles. The van der Waals surface area contributed by atoms with Gasteiger partial charge < -0.3 is 19.8 Å². The first-order chi connectivity index (χ1) is 13.9. The normalized spacial score (nSPS) is 20.3. The number of carbonyl (C=O) groups is 2. The Morgan fingerprint density at radius 1 is 1.34 bits per heavy atom. The molecule has 2 heterocycles. The van der Waals surface area contributed by atoms with Gasteiger partial charge in [-0.2, -0.15) is 0 Å². The van der Waals surface area contributed by atoms with Crippen molar-refractivity contribution < 1.29 is 24.5 Å². The number of carbonyl (C=O) groups excluding carboxylic acids is 1. The van der Waals surface area contributed by atoms with E-state index in [1.54, 1.807) is 12.4 Å². The highest BCUT2D eigenvalue weighted by molar-refractivity contribution is 5.77. The molecule has 1 fully saturated rings. The van der Waals surface area contributed by atoms with Crippen LogP contribution in [0.2, 0.25) is 0 Å². The van der Waals surface area contributed by atoms with E-state index in [2.05, 4.69) is 11.9 Å². The van der Waals surface area contributed by atoms with Crippen molar-refractivity contribution in [2.45, 2.75) is 64.5 Å². The molecule has 1 aromatic rings. The second-order valence-electron chi connectivity index (χ2n) is 8.28. The highest BCUT2D eigenvalue weighted by atomic mass is 16.5. The van der Waals surface area contributed by atoms with Gasteiger partial charge in [-0.1, -0.05) is 13.8 Å². The molecule has 0 saturated carbocycles. The van der Waals surface area contributed by atoms with Crippen molar-refractivity contribution in [2.24, 2.45) is 11.8 Å². The number of ether oxygens (including phenoxy) is 1. The molecule has 29 heavy (non-hydrogen) atoms. The SMILES string of the molecule is C[C@H](CCN1C(=O)CCC[C@@H]1[C@@H](C)CC(O)Cc1ccncc1)COCC(=O)O. The average Bonchev–Trinajstić information content (AvgIpc) is 2.67. The summed E-state index contributed by atoms with van der Waals surface area (Å²) < 4.78 is 5.17. The summed E-state index contributed by atoms with van der Waals surface area (Å²) in [7, 11) is 0. The smallest absolute Gasteiger partial charge is 0.329 e. The van der Waals surface area contributed by atoms with Gasteiger partial charge in [-0.3, -0.25) is 9.78 Å². The molecule has 0 bridgehead atoms. The van der Waals surface area contributed by atoms with Crippen molar-refractivity contribution in [1.29, 1.82) is 0 Å². The lowest BCUT2D eigenvalue weighted by molar-refractivity contribution is -0.142. The van der Waals surface area contributed by atoms with Gasteiger partial charge in [-0.15, -0.1) is 0 Å². The quantitative estimate of drug-likeness (QED) is 0.553. The first-order valence-electron chi connectivity index (χ1n) is 10.5. The van der Waals surface area contributed by atoms with Crippen LogP contribution < -0.4 is 0 Å². The number of aliphatic carboxylic acids is 1. The summed E-state index contributed by atoms with van der Waals surface area (Å²) in [5.74, 6) is -0.412. The summed E-state index contributed by atoms with van der Waals surface area (Å²) in [5, 5.41) is 19.2. The zero-order valence-electron chi connectivity index (χ0n) is 17.5. The van der Waals surface area contributed by atoms with E-state index in [0.717, 1.165) is 24.8 Å². The first kappa shape index (κ1) is 23.3. The minimum Gasteiger partial charge on any atom is -0.480 e. The maximum Gasteiger partial charge on any atom is 0.329 e. The van der Waals surface area contributed by atoms with Gasteiger partial charge in [0.05, 0.1) is 6.10 Å². The van der Waals surface area contributed by atoms with Crippen LogP contribution in [0.15, 0.2) is 24.5 Å². The Labute approximate surface area is 173 Å². The van der Waals surface area contributed by atoms with Crippen LogP contribution in [0, 0.1) is 11.8 Å². The number of carboxylic acid groups (broad SMARTS) is 1. The molecule has 7 nitrogen and oxygen atoms in total. The number of likely N-dealkylation sites (tertiary alicyclic amines) is 1. The predicted octanol–water partition coefficient (Wildman–Crippen LogP) is 2.52. The molecule has 0 aromatic carbocycles. The number of amides is 1. The van der Waals surface area contributed by atoms with E-state index in [1.807, 2.05) is 24.0 Å². The first-order valence-corrected chi connectivity index (χ1v) is 10.5. The number of aromatic nitrogens is 1. The van der Waals surface area contributed by atoms with Crippen LogP contribution in [0.5, 0.6) is 0 Å². The van der Waals surface area contributed by atoms with Gasteiger partial charge >= 0.3 is 5.97 Å². The molecule has 162 valence electrons. The van der Waals surface area contributed by atoms with Crippen molar-refractivity contribution in [3.8, 4) is 0 Å². The van der Waals surface area contributed by atoms with Gasteiger partial charge in [-0.05, 0) is 61.6 Å². The molecule has 2 N–H and O–H groups in total. The molecule has 0 aliphatic carbocycles. The van der Waals surface area contributed by atoms with Crippen LogP contribution in [0.25, 0.3) is 0 Å². The molecule has 1 amide bonds. The maximum atomic E-state index is 12.5. The maximum absolute atomic E-state index is 12.5. The zero-order valence-corrected chi connectivity index (χ0v) is 17.5. The molecule has 0 radical (unpaired) electrons. The van der Waals surface area contributed by atoms with E-state index in [0.29, 0.717) is 32.4 Å². The minimum absolute atomic E-state index is 0.135. The number of carboxylic acids is 1.